The Morgan fingerprint density at radius 1 is 0.952 bits per heavy atom. The average molecular weight is 866 g/mol. The summed E-state index contributed by atoms with van der Waals surface area (Å²) in [5, 5.41) is 12.8. The molecule has 5 aromatic rings. The SMILES string of the molecule is CNc1cc(N2CCc3c(-c4ncc(CN5CC6(CCN(C(=O)c7ccc(C)c(N8CCC(=O)NC8=O)c7)CC6(F)F)C5)cc4F)cccc32)nn2c(C(=O)NC3C[C@@H]3F)cnc12. The number of pyridine rings is 1. The fraction of sp³-hybridized carbons (Fsp3) is 0.386. The number of anilines is 4. The molecule has 1 aliphatic carbocycles. The first-order chi connectivity index (χ1) is 30.2. The van der Waals surface area contributed by atoms with E-state index in [-0.39, 0.29) is 74.8 Å². The molecule has 7 heterocycles. The van der Waals surface area contributed by atoms with Crippen molar-refractivity contribution in [2.24, 2.45) is 5.41 Å². The first kappa shape index (κ1) is 40.4. The zero-order valence-corrected chi connectivity index (χ0v) is 34.4. The van der Waals surface area contributed by atoms with Crippen molar-refractivity contribution in [1.82, 2.24) is 40.0 Å². The van der Waals surface area contributed by atoms with Crippen molar-refractivity contribution in [1.29, 1.82) is 0 Å². The van der Waals surface area contributed by atoms with Gasteiger partial charge in [0.1, 0.15) is 17.7 Å². The number of amides is 5. The summed E-state index contributed by atoms with van der Waals surface area (Å²) in [6, 6.07) is 12.4. The number of alkyl halides is 3. The Labute approximate surface area is 358 Å². The average Bonchev–Trinajstić information content (AvgIpc) is 3.56. The summed E-state index contributed by atoms with van der Waals surface area (Å²) in [7, 11) is 1.73. The number of piperidine rings is 1. The largest absolute Gasteiger partial charge is 0.385 e. The van der Waals surface area contributed by atoms with Crippen LogP contribution in [-0.2, 0) is 17.8 Å². The predicted molar refractivity (Wildman–Crippen MR) is 224 cm³/mol. The fourth-order valence-electron chi connectivity index (χ4n) is 9.41. The molecule has 4 aliphatic heterocycles. The van der Waals surface area contributed by atoms with Gasteiger partial charge in [0, 0.05) is 93.9 Å². The first-order valence-electron chi connectivity index (χ1n) is 20.9. The second kappa shape index (κ2) is 15.0. The van der Waals surface area contributed by atoms with Crippen LogP contribution in [0.4, 0.5) is 45.2 Å². The molecule has 15 nitrogen and oxygen atoms in total. The maximum atomic E-state index is 16.0. The molecule has 1 spiro atoms. The van der Waals surface area contributed by atoms with E-state index in [1.165, 1.54) is 27.7 Å². The summed E-state index contributed by atoms with van der Waals surface area (Å²) in [5.74, 6) is -4.63. The van der Waals surface area contributed by atoms with Crippen molar-refractivity contribution in [3.8, 4) is 11.3 Å². The van der Waals surface area contributed by atoms with Gasteiger partial charge in [-0.25, -0.2) is 31.9 Å². The molecular formula is C44H43F4N11O4. The molecule has 5 amide bonds. The smallest absolute Gasteiger partial charge is 0.328 e. The lowest BCUT2D eigenvalue weighted by atomic mass is 9.69. The number of nitrogens with one attached hydrogen (secondary N) is 3. The topological polar surface area (TPSA) is 160 Å². The number of hydrogen-bond donors (Lipinski definition) is 3. The molecule has 3 saturated heterocycles. The number of aromatic nitrogens is 4. The van der Waals surface area contributed by atoms with E-state index in [1.807, 2.05) is 34.1 Å². The lowest BCUT2D eigenvalue weighted by Gasteiger charge is -2.57. The molecule has 3 N–H and O–H groups in total. The second-order valence-electron chi connectivity index (χ2n) is 17.1. The van der Waals surface area contributed by atoms with Gasteiger partial charge in [-0.2, -0.15) is 0 Å². The van der Waals surface area contributed by atoms with Gasteiger partial charge >= 0.3 is 6.03 Å². The Bertz CT molecular complexity index is 2740. The second-order valence-corrected chi connectivity index (χ2v) is 17.1. The number of imide groups is 1. The zero-order chi connectivity index (χ0) is 43.9. The van der Waals surface area contributed by atoms with Gasteiger partial charge in [-0.1, -0.05) is 18.2 Å². The quantitative estimate of drug-likeness (QED) is 0.167. The predicted octanol–water partition coefficient (Wildman–Crippen LogP) is 5.24. The summed E-state index contributed by atoms with van der Waals surface area (Å²) in [6.07, 6.45) is 2.93. The Hall–Kier alpha value is -6.63. The van der Waals surface area contributed by atoms with Gasteiger partial charge in [-0.3, -0.25) is 34.5 Å². The van der Waals surface area contributed by atoms with Gasteiger partial charge in [0.05, 0.1) is 29.9 Å². The number of rotatable bonds is 9. The Kier molecular flexibility index (Phi) is 9.65. The maximum absolute atomic E-state index is 16.0. The molecule has 0 bridgehead atoms. The van der Waals surface area contributed by atoms with E-state index >= 15 is 13.2 Å². The number of carbonyl (C=O) groups is 4. The molecule has 0 radical (unpaired) electrons. The highest BCUT2D eigenvalue weighted by atomic mass is 19.3. The molecule has 3 aromatic heterocycles. The van der Waals surface area contributed by atoms with Crippen LogP contribution in [0.5, 0.6) is 0 Å². The van der Waals surface area contributed by atoms with Crippen LogP contribution in [0, 0.1) is 18.2 Å². The molecule has 10 rings (SSSR count). The maximum Gasteiger partial charge on any atom is 0.328 e. The van der Waals surface area contributed by atoms with E-state index < -0.39 is 53.8 Å². The lowest BCUT2D eigenvalue weighted by Crippen LogP contribution is -2.70. The van der Waals surface area contributed by atoms with Crippen molar-refractivity contribution < 1.29 is 36.7 Å². The zero-order valence-electron chi connectivity index (χ0n) is 34.4. The van der Waals surface area contributed by atoms with Crippen LogP contribution in [0.25, 0.3) is 16.9 Å². The molecule has 1 unspecified atom stereocenters. The third-order valence-electron chi connectivity index (χ3n) is 13.0. The highest BCUT2D eigenvalue weighted by molar-refractivity contribution is 6.06. The van der Waals surface area contributed by atoms with Gasteiger partial charge in [0.15, 0.2) is 17.2 Å². The van der Waals surface area contributed by atoms with E-state index in [9.17, 15) is 23.6 Å². The van der Waals surface area contributed by atoms with Crippen LogP contribution in [0.15, 0.2) is 60.9 Å². The number of likely N-dealkylation sites (tertiary alicyclic amines) is 2. The van der Waals surface area contributed by atoms with Crippen molar-refractivity contribution in [2.45, 2.75) is 57.3 Å². The van der Waals surface area contributed by atoms with Gasteiger partial charge in [-0.15, -0.1) is 5.10 Å². The summed E-state index contributed by atoms with van der Waals surface area (Å²) < 4.78 is 63.0. The van der Waals surface area contributed by atoms with Crippen LogP contribution in [0.3, 0.4) is 0 Å². The minimum atomic E-state index is -3.19. The summed E-state index contributed by atoms with van der Waals surface area (Å²) >= 11 is 0. The Morgan fingerprint density at radius 3 is 2.48 bits per heavy atom. The minimum absolute atomic E-state index is 0.0732. The van der Waals surface area contributed by atoms with Crippen molar-refractivity contribution in [3.63, 3.8) is 0 Å². The molecule has 1 saturated carbocycles. The lowest BCUT2D eigenvalue weighted by molar-refractivity contribution is -0.220. The molecule has 4 fully saturated rings. The third-order valence-corrected chi connectivity index (χ3v) is 13.0. The minimum Gasteiger partial charge on any atom is -0.385 e. The Balaban J connectivity index is 0.804. The van der Waals surface area contributed by atoms with E-state index in [1.54, 1.807) is 32.3 Å². The van der Waals surface area contributed by atoms with Crippen LogP contribution < -0.4 is 25.8 Å². The highest BCUT2D eigenvalue weighted by Gasteiger charge is 2.62. The van der Waals surface area contributed by atoms with Crippen molar-refractivity contribution >= 4 is 52.3 Å². The van der Waals surface area contributed by atoms with Gasteiger partial charge in [-0.05, 0) is 60.7 Å². The molecule has 2 aromatic carbocycles. The van der Waals surface area contributed by atoms with Crippen LogP contribution in [-0.4, -0.2) is 118 Å². The number of halogens is 4. The molecule has 63 heavy (non-hydrogen) atoms. The third kappa shape index (κ3) is 6.98. The van der Waals surface area contributed by atoms with Crippen LogP contribution in [0.1, 0.15) is 56.8 Å². The fourth-order valence-corrected chi connectivity index (χ4v) is 9.41. The van der Waals surface area contributed by atoms with E-state index in [0.29, 0.717) is 52.5 Å². The number of imidazole rings is 1. The van der Waals surface area contributed by atoms with E-state index in [2.05, 4.69) is 25.9 Å². The van der Waals surface area contributed by atoms with Gasteiger partial charge < -0.3 is 20.4 Å². The molecule has 326 valence electrons. The number of hydrogen-bond acceptors (Lipinski definition) is 10. The molecule has 5 aliphatic rings. The van der Waals surface area contributed by atoms with Crippen LogP contribution in [0.2, 0.25) is 0 Å². The normalized spacial score (nSPS) is 21.3. The highest BCUT2D eigenvalue weighted by Crippen LogP contribution is 2.51. The number of benzene rings is 2. The molecular weight excluding hydrogens is 823 g/mol. The van der Waals surface area contributed by atoms with Gasteiger partial charge in [0.25, 0.3) is 17.7 Å². The van der Waals surface area contributed by atoms with E-state index in [4.69, 9.17) is 5.10 Å². The monoisotopic (exact) mass is 865 g/mol. The molecule has 2 atom stereocenters. The number of fused-ring (bicyclic) bond motifs is 2. The molecule has 19 heteroatoms. The number of aryl methyl sites for hydroxylation is 1. The van der Waals surface area contributed by atoms with E-state index in [0.717, 1.165) is 16.2 Å². The summed E-state index contributed by atoms with van der Waals surface area (Å²) in [4.78, 5) is 66.0. The van der Waals surface area contributed by atoms with Gasteiger partial charge in [0.2, 0.25) is 5.91 Å². The summed E-state index contributed by atoms with van der Waals surface area (Å²) in [6.45, 7) is 2.16. The van der Waals surface area contributed by atoms with Crippen LogP contribution >= 0.6 is 0 Å². The number of carbonyl (C=O) groups excluding carboxylic acids is 4. The first-order valence-corrected chi connectivity index (χ1v) is 20.9. The summed E-state index contributed by atoms with van der Waals surface area (Å²) in [5.41, 5.74) is 4.18. The van der Waals surface area contributed by atoms with Crippen molar-refractivity contribution in [2.75, 3.05) is 61.4 Å². The standard InChI is InChI=1S/C44H43F4N11O4/c1-24-6-7-26(15-34(24)58-12-9-37(60)53-42(58)63)41(62)56-13-10-43(44(47,48)23-56)21-55(22-43)20-25-14-30(46)38(50-18-25)28-4-3-5-33-27(28)8-11-57(33)36-17-32(49-2)39-51-19-35(59(39)54-36)40(61)52-31-16-29(31)45/h3-7,14-15,17-19,29,31,49H,8-13,16,20-23H2,1-2H3,(H,52,61)(H,53,60,63)/t29-,31?/m0/s1. The number of urea groups is 1. The Morgan fingerprint density at radius 2 is 1.75 bits per heavy atom. The number of nitrogens with zero attached hydrogens (tertiary/aromatic N) is 8. The van der Waals surface area contributed by atoms with Crippen molar-refractivity contribution in [3.05, 3.63) is 94.7 Å².